The van der Waals surface area contributed by atoms with Gasteiger partial charge in [-0.1, -0.05) is 6.08 Å². The molecule has 82 valence electrons. The van der Waals surface area contributed by atoms with Gasteiger partial charge in [-0.05, 0) is 20.8 Å². The van der Waals surface area contributed by atoms with Crippen LogP contribution in [0.2, 0.25) is 0 Å². The van der Waals surface area contributed by atoms with Crippen LogP contribution in [-0.4, -0.2) is 29.6 Å². The first-order valence-electron chi connectivity index (χ1n) is 4.70. The molecule has 2 amide bonds. The van der Waals surface area contributed by atoms with Crippen molar-refractivity contribution in [3.63, 3.8) is 0 Å². The fourth-order valence-corrected chi connectivity index (χ4v) is 1.37. The highest BCUT2D eigenvalue weighted by atomic mass is 32.2. The zero-order valence-electron chi connectivity index (χ0n) is 9.22. The second-order valence-corrected chi connectivity index (χ2v) is 5.14. The maximum Gasteiger partial charge on any atom is 0.315 e. The van der Waals surface area contributed by atoms with Gasteiger partial charge in [-0.3, -0.25) is 0 Å². The largest absolute Gasteiger partial charge is 0.337 e. The maximum absolute atomic E-state index is 11.2. The van der Waals surface area contributed by atoms with Crippen LogP contribution in [0.15, 0.2) is 12.7 Å². The second-order valence-electron chi connectivity index (χ2n) is 3.99. The van der Waals surface area contributed by atoms with E-state index in [4.69, 9.17) is 0 Å². The monoisotopic (exact) mass is 216 g/mol. The molecule has 0 aromatic carbocycles. The summed E-state index contributed by atoms with van der Waals surface area (Å²) in [4.78, 5) is 11.2. The van der Waals surface area contributed by atoms with Crippen molar-refractivity contribution in [2.24, 2.45) is 0 Å². The van der Waals surface area contributed by atoms with E-state index in [-0.39, 0.29) is 11.6 Å². The SMILES string of the molecule is C=CCSCCNC(=O)NC(C)(C)C. The Hall–Kier alpha value is -0.640. The number of carbonyl (C=O) groups excluding carboxylic acids is 1. The molecule has 0 saturated carbocycles. The maximum atomic E-state index is 11.2. The molecule has 0 heterocycles. The van der Waals surface area contributed by atoms with Crippen molar-refractivity contribution in [1.82, 2.24) is 10.6 Å². The Balaban J connectivity index is 3.41. The van der Waals surface area contributed by atoms with E-state index < -0.39 is 0 Å². The van der Waals surface area contributed by atoms with Gasteiger partial charge in [0.05, 0.1) is 0 Å². The highest BCUT2D eigenvalue weighted by Crippen LogP contribution is 1.99. The molecule has 0 rings (SSSR count). The molecule has 0 aromatic heterocycles. The molecule has 3 nitrogen and oxygen atoms in total. The number of nitrogens with one attached hydrogen (secondary N) is 2. The summed E-state index contributed by atoms with van der Waals surface area (Å²) in [6.07, 6.45) is 1.86. The Kier molecular flexibility index (Phi) is 6.45. The number of hydrogen-bond acceptors (Lipinski definition) is 2. The van der Waals surface area contributed by atoms with E-state index in [2.05, 4.69) is 17.2 Å². The van der Waals surface area contributed by atoms with Gasteiger partial charge in [0, 0.05) is 23.6 Å². The van der Waals surface area contributed by atoms with Crippen LogP contribution < -0.4 is 10.6 Å². The minimum atomic E-state index is -0.168. The number of amides is 2. The summed E-state index contributed by atoms with van der Waals surface area (Å²) >= 11 is 1.75. The predicted octanol–water partition coefficient (Wildman–Crippen LogP) is 2.00. The summed E-state index contributed by atoms with van der Waals surface area (Å²) in [5.41, 5.74) is -0.168. The summed E-state index contributed by atoms with van der Waals surface area (Å²) in [7, 11) is 0. The zero-order valence-corrected chi connectivity index (χ0v) is 10.0. The first kappa shape index (κ1) is 13.4. The molecule has 14 heavy (non-hydrogen) atoms. The van der Waals surface area contributed by atoms with E-state index in [0.717, 1.165) is 11.5 Å². The van der Waals surface area contributed by atoms with Gasteiger partial charge < -0.3 is 10.6 Å². The summed E-state index contributed by atoms with van der Waals surface area (Å²) in [6, 6.07) is -0.100. The summed E-state index contributed by atoms with van der Waals surface area (Å²) in [5.74, 6) is 1.85. The third-order valence-corrected chi connectivity index (χ3v) is 2.22. The second kappa shape index (κ2) is 6.76. The van der Waals surface area contributed by atoms with Crippen LogP contribution in [0.25, 0.3) is 0 Å². The average Bonchev–Trinajstić information content (AvgIpc) is 2.00. The van der Waals surface area contributed by atoms with Crippen LogP contribution in [0.1, 0.15) is 20.8 Å². The minimum absolute atomic E-state index is 0.100. The molecule has 0 bridgehead atoms. The predicted molar refractivity (Wildman–Crippen MR) is 63.8 cm³/mol. The topological polar surface area (TPSA) is 41.1 Å². The normalized spacial score (nSPS) is 10.8. The van der Waals surface area contributed by atoms with Gasteiger partial charge in [0.1, 0.15) is 0 Å². The first-order chi connectivity index (χ1) is 6.45. The Bertz CT molecular complexity index is 187. The van der Waals surface area contributed by atoms with Crippen LogP contribution >= 0.6 is 11.8 Å². The molecule has 4 heteroatoms. The van der Waals surface area contributed by atoms with Crippen LogP contribution in [0.4, 0.5) is 4.79 Å². The van der Waals surface area contributed by atoms with Gasteiger partial charge in [0.2, 0.25) is 0 Å². The molecule has 0 spiro atoms. The molecule has 2 N–H and O–H groups in total. The lowest BCUT2D eigenvalue weighted by atomic mass is 10.1. The van der Waals surface area contributed by atoms with Crippen molar-refractivity contribution < 1.29 is 4.79 Å². The Morgan fingerprint density at radius 3 is 2.64 bits per heavy atom. The highest BCUT2D eigenvalue weighted by molar-refractivity contribution is 7.99. The van der Waals surface area contributed by atoms with E-state index in [1.807, 2.05) is 26.8 Å². The molecular formula is C10H20N2OS. The van der Waals surface area contributed by atoms with Crippen LogP contribution in [0.5, 0.6) is 0 Å². The Labute approximate surface area is 90.7 Å². The third kappa shape index (κ3) is 9.45. The summed E-state index contributed by atoms with van der Waals surface area (Å²) in [6.45, 7) is 10.2. The highest BCUT2D eigenvalue weighted by Gasteiger charge is 2.12. The fraction of sp³-hybridized carbons (Fsp3) is 0.700. The van der Waals surface area contributed by atoms with Crippen molar-refractivity contribution in [2.75, 3.05) is 18.1 Å². The quantitative estimate of drug-likeness (QED) is 0.545. The number of hydrogen-bond donors (Lipinski definition) is 2. The van der Waals surface area contributed by atoms with E-state index in [1.54, 1.807) is 11.8 Å². The van der Waals surface area contributed by atoms with Crippen molar-refractivity contribution in [3.05, 3.63) is 12.7 Å². The molecule has 0 radical (unpaired) electrons. The lowest BCUT2D eigenvalue weighted by molar-refractivity contribution is 0.232. The third-order valence-electron chi connectivity index (χ3n) is 1.26. The van der Waals surface area contributed by atoms with Crippen LogP contribution in [0.3, 0.4) is 0 Å². The van der Waals surface area contributed by atoms with E-state index in [0.29, 0.717) is 6.54 Å². The van der Waals surface area contributed by atoms with Crippen molar-refractivity contribution in [3.8, 4) is 0 Å². The molecule has 0 aromatic rings. The first-order valence-corrected chi connectivity index (χ1v) is 5.86. The Morgan fingerprint density at radius 1 is 1.50 bits per heavy atom. The van der Waals surface area contributed by atoms with Crippen LogP contribution in [-0.2, 0) is 0 Å². The smallest absolute Gasteiger partial charge is 0.315 e. The molecule has 0 saturated heterocycles. The van der Waals surface area contributed by atoms with Crippen molar-refractivity contribution in [1.29, 1.82) is 0 Å². The van der Waals surface area contributed by atoms with Gasteiger partial charge in [0.15, 0.2) is 0 Å². The van der Waals surface area contributed by atoms with Crippen molar-refractivity contribution in [2.45, 2.75) is 26.3 Å². The number of carbonyl (C=O) groups is 1. The molecule has 0 unspecified atom stereocenters. The van der Waals surface area contributed by atoms with Crippen molar-refractivity contribution >= 4 is 17.8 Å². The minimum Gasteiger partial charge on any atom is -0.337 e. The Morgan fingerprint density at radius 2 is 2.14 bits per heavy atom. The average molecular weight is 216 g/mol. The van der Waals surface area contributed by atoms with Gasteiger partial charge in [-0.25, -0.2) is 4.79 Å². The summed E-state index contributed by atoms with van der Waals surface area (Å²) in [5, 5.41) is 5.62. The molecule has 0 aliphatic carbocycles. The molecule has 0 aliphatic rings. The molecule has 0 fully saturated rings. The van der Waals surface area contributed by atoms with Gasteiger partial charge in [-0.15, -0.1) is 6.58 Å². The van der Waals surface area contributed by atoms with E-state index >= 15 is 0 Å². The fourth-order valence-electron chi connectivity index (χ4n) is 0.788. The van der Waals surface area contributed by atoms with E-state index in [1.165, 1.54) is 0 Å². The molecule has 0 atom stereocenters. The van der Waals surface area contributed by atoms with E-state index in [9.17, 15) is 4.79 Å². The summed E-state index contributed by atoms with van der Waals surface area (Å²) < 4.78 is 0. The van der Waals surface area contributed by atoms with Gasteiger partial charge in [-0.2, -0.15) is 11.8 Å². The number of rotatable bonds is 5. The van der Waals surface area contributed by atoms with Gasteiger partial charge in [0.25, 0.3) is 0 Å². The lowest BCUT2D eigenvalue weighted by Crippen LogP contribution is -2.46. The molecule has 0 aliphatic heterocycles. The standard InChI is InChI=1S/C10H20N2OS/c1-5-7-14-8-6-11-9(13)12-10(2,3)4/h5H,1,6-8H2,2-4H3,(H2,11,12,13). The number of urea groups is 1. The number of thioether (sulfide) groups is 1. The van der Waals surface area contributed by atoms with Crippen LogP contribution in [0, 0.1) is 0 Å². The molecular weight excluding hydrogens is 196 g/mol. The van der Waals surface area contributed by atoms with Gasteiger partial charge >= 0.3 is 6.03 Å². The zero-order chi connectivity index (χ0) is 11.0. The lowest BCUT2D eigenvalue weighted by Gasteiger charge is -2.20.